The molecule has 0 spiro atoms. The van der Waals surface area contributed by atoms with Crippen molar-refractivity contribution in [2.75, 3.05) is 11.5 Å². The number of hydrogen-bond donors (Lipinski definition) is 0. The van der Waals surface area contributed by atoms with Crippen LogP contribution < -0.4 is 0 Å². The Labute approximate surface area is 289 Å². The molecule has 0 saturated heterocycles. The first-order chi connectivity index (χ1) is 23.0. The van der Waals surface area contributed by atoms with Crippen LogP contribution in [0.2, 0.25) is 0 Å². The third kappa shape index (κ3) is 9.10. The third-order valence-electron chi connectivity index (χ3n) is 8.72. The second kappa shape index (κ2) is 16.9. The summed E-state index contributed by atoms with van der Waals surface area (Å²) in [7, 11) is 0. The van der Waals surface area contributed by atoms with Crippen molar-refractivity contribution in [3.8, 4) is 0 Å². The topological polar surface area (TPSA) is 146 Å². The largest absolute Gasteiger partial charge is 0.294 e. The van der Waals surface area contributed by atoms with Crippen molar-refractivity contribution < 1.29 is 19.6 Å². The maximum Gasteiger partial charge on any atom is 0.270 e. The highest BCUT2D eigenvalue weighted by molar-refractivity contribution is 8.08. The molecule has 10 nitrogen and oxygen atoms in total. The Morgan fingerprint density at radius 2 is 1.27 bits per heavy atom. The first-order valence-corrected chi connectivity index (χ1v) is 18.3. The summed E-state index contributed by atoms with van der Waals surface area (Å²) in [6.45, 7) is 6.58. The number of allylic oxidation sites excluding steroid dienone is 1. The van der Waals surface area contributed by atoms with Crippen molar-refractivity contribution in [3.63, 3.8) is 0 Å². The van der Waals surface area contributed by atoms with Crippen LogP contribution in [0.3, 0.4) is 0 Å². The fraction of sp³-hybridized carbons (Fsp3) is 0.417. The lowest BCUT2D eigenvalue weighted by Crippen LogP contribution is -2.14. The summed E-state index contributed by atoms with van der Waals surface area (Å²) in [4.78, 5) is 43.3. The van der Waals surface area contributed by atoms with Gasteiger partial charge in [0, 0.05) is 58.0 Å². The van der Waals surface area contributed by atoms with Gasteiger partial charge in [-0.3, -0.25) is 35.1 Å². The van der Waals surface area contributed by atoms with E-state index in [-0.39, 0.29) is 37.4 Å². The molecule has 0 saturated carbocycles. The van der Waals surface area contributed by atoms with Crippen LogP contribution in [-0.2, 0) is 24.0 Å². The minimum absolute atomic E-state index is 0.00556. The van der Waals surface area contributed by atoms with Gasteiger partial charge in [-0.2, -0.15) is 11.8 Å². The first kappa shape index (κ1) is 36.8. The van der Waals surface area contributed by atoms with E-state index in [1.165, 1.54) is 59.4 Å². The van der Waals surface area contributed by atoms with E-state index in [1.807, 2.05) is 35.7 Å². The molecule has 0 fully saturated rings. The molecule has 0 N–H and O–H groups in total. The fourth-order valence-electron chi connectivity index (χ4n) is 5.89. The van der Waals surface area contributed by atoms with Crippen LogP contribution in [0.1, 0.15) is 97.5 Å². The number of fused-ring (bicyclic) bond motifs is 3. The van der Waals surface area contributed by atoms with Gasteiger partial charge in [0.1, 0.15) is 0 Å². The normalized spacial score (nSPS) is 16.8. The number of rotatable bonds is 11. The zero-order chi connectivity index (χ0) is 34.8. The predicted molar refractivity (Wildman–Crippen MR) is 194 cm³/mol. The molecule has 3 aliphatic carbocycles. The SMILES string of the molecule is CCCCSC1(C)CCc2ccc([N+](=O)[O-])cc21.CCCCSC1=CCc2ccc([N+](=O)[O-])cc21.O=C1CCc2ccc([N+](=O)[O-])cc21. The van der Waals surface area contributed by atoms with E-state index >= 15 is 0 Å². The molecule has 0 bridgehead atoms. The Morgan fingerprint density at radius 1 is 0.708 bits per heavy atom. The number of non-ortho nitro benzene ring substituents is 3. The second-order valence-corrected chi connectivity index (χ2v) is 14.9. The Morgan fingerprint density at radius 3 is 1.90 bits per heavy atom. The van der Waals surface area contributed by atoms with Gasteiger partial charge in [0.15, 0.2) is 5.78 Å². The van der Waals surface area contributed by atoms with Gasteiger partial charge in [0.2, 0.25) is 0 Å². The number of nitrogens with zero attached hydrogens (tertiary/aromatic N) is 3. The third-order valence-corrected chi connectivity index (χ3v) is 11.5. The number of aryl methyl sites for hydroxylation is 2. The number of carbonyl (C=O) groups is 1. The van der Waals surface area contributed by atoms with Crippen LogP contribution in [0.4, 0.5) is 17.1 Å². The smallest absolute Gasteiger partial charge is 0.270 e. The van der Waals surface area contributed by atoms with Crippen LogP contribution in [-0.4, -0.2) is 32.1 Å². The van der Waals surface area contributed by atoms with Gasteiger partial charge in [-0.05, 0) is 84.8 Å². The van der Waals surface area contributed by atoms with Crippen molar-refractivity contribution >= 4 is 51.3 Å². The fourth-order valence-corrected chi connectivity index (χ4v) is 8.56. The van der Waals surface area contributed by atoms with Gasteiger partial charge in [0.25, 0.3) is 17.1 Å². The summed E-state index contributed by atoms with van der Waals surface area (Å²) in [5.41, 5.74) is 6.57. The molecule has 0 aromatic heterocycles. The molecular weight excluding hydrogens is 651 g/mol. The lowest BCUT2D eigenvalue weighted by molar-refractivity contribution is -0.385. The first-order valence-electron chi connectivity index (χ1n) is 16.3. The summed E-state index contributed by atoms with van der Waals surface area (Å²) in [6.07, 6.45) is 11.2. The van der Waals surface area contributed by atoms with Crippen LogP contribution in [0.5, 0.6) is 0 Å². The average molecular weight is 692 g/mol. The van der Waals surface area contributed by atoms with Gasteiger partial charge in [-0.25, -0.2) is 0 Å². The predicted octanol–water partition coefficient (Wildman–Crippen LogP) is 10.0. The van der Waals surface area contributed by atoms with Gasteiger partial charge < -0.3 is 0 Å². The summed E-state index contributed by atoms with van der Waals surface area (Å²) in [5, 5.41) is 32.0. The minimum atomic E-state index is -0.480. The molecule has 3 aromatic carbocycles. The van der Waals surface area contributed by atoms with Crippen LogP contribution in [0, 0.1) is 30.3 Å². The maximum atomic E-state index is 11.2. The number of nitro groups is 3. The van der Waals surface area contributed by atoms with Gasteiger partial charge in [0.05, 0.1) is 14.8 Å². The highest BCUT2D eigenvalue weighted by atomic mass is 32.2. The van der Waals surface area contributed by atoms with Crippen molar-refractivity contribution in [2.24, 2.45) is 0 Å². The maximum absolute atomic E-state index is 11.2. The number of hydrogen-bond acceptors (Lipinski definition) is 9. The van der Waals surface area contributed by atoms with Crippen LogP contribution in [0.15, 0.2) is 60.7 Å². The standard InChI is InChI=1S/C14H19NO2S.C13H15NO2S.C9H7NO3/c1-3-4-9-18-14(2)8-7-11-5-6-12(15(16)17)10-13(11)14;1-2-3-8-17-13-7-5-10-4-6-11(14(15)16)9-12(10)13;11-9-4-2-6-1-3-7(10(12)13)5-8(6)9/h5-6,10H,3-4,7-9H2,1-2H3;4,6-7,9H,2-3,5,8H2,1H3;1,3,5H,2,4H2. The van der Waals surface area contributed by atoms with Crippen molar-refractivity contribution in [1.82, 2.24) is 0 Å². The lowest BCUT2D eigenvalue weighted by atomic mass is 10.0. The van der Waals surface area contributed by atoms with Gasteiger partial charge >= 0.3 is 0 Å². The number of carbonyl (C=O) groups excluding carboxylic acids is 1. The van der Waals surface area contributed by atoms with E-state index in [2.05, 4.69) is 26.8 Å². The highest BCUT2D eigenvalue weighted by Gasteiger charge is 2.35. The summed E-state index contributed by atoms with van der Waals surface area (Å²) in [6, 6.07) is 15.0. The molecule has 0 heterocycles. The molecule has 12 heteroatoms. The molecule has 254 valence electrons. The van der Waals surface area contributed by atoms with E-state index < -0.39 is 4.92 Å². The van der Waals surface area contributed by atoms with E-state index in [0.717, 1.165) is 41.9 Å². The van der Waals surface area contributed by atoms with Crippen molar-refractivity contribution in [3.05, 3.63) is 124 Å². The quantitative estimate of drug-likeness (QED) is 0.109. The average Bonchev–Trinajstić information content (AvgIpc) is 3.76. The van der Waals surface area contributed by atoms with E-state index in [4.69, 9.17) is 0 Å². The van der Waals surface area contributed by atoms with Gasteiger partial charge in [-0.1, -0.05) is 51.0 Å². The molecule has 3 aromatic rings. The Hall–Kier alpha value is -4.03. The molecule has 3 aliphatic rings. The molecule has 1 unspecified atom stereocenters. The molecule has 1 atom stereocenters. The molecular formula is C36H41N3O7S2. The summed E-state index contributed by atoms with van der Waals surface area (Å²) < 4.78 is 0.0660. The van der Waals surface area contributed by atoms with E-state index in [1.54, 1.807) is 30.3 Å². The monoisotopic (exact) mass is 691 g/mol. The van der Waals surface area contributed by atoms with Crippen molar-refractivity contribution in [1.29, 1.82) is 0 Å². The molecule has 6 rings (SSSR count). The van der Waals surface area contributed by atoms with E-state index in [9.17, 15) is 35.1 Å². The van der Waals surface area contributed by atoms with Crippen LogP contribution in [0.25, 0.3) is 4.91 Å². The Balaban J connectivity index is 0.000000165. The lowest BCUT2D eigenvalue weighted by Gasteiger charge is -2.24. The number of thioether (sulfide) groups is 2. The number of ketones is 1. The number of nitro benzene ring substituents is 3. The summed E-state index contributed by atoms with van der Waals surface area (Å²) in [5.74, 6) is 2.23. The van der Waals surface area contributed by atoms with Crippen LogP contribution >= 0.6 is 23.5 Å². The molecule has 48 heavy (non-hydrogen) atoms. The highest BCUT2D eigenvalue weighted by Crippen LogP contribution is 2.48. The second-order valence-electron chi connectivity index (χ2n) is 12.1. The van der Waals surface area contributed by atoms with Gasteiger partial charge in [-0.15, -0.1) is 11.8 Å². The molecule has 0 aliphatic heterocycles. The zero-order valence-electron chi connectivity index (χ0n) is 27.6. The zero-order valence-corrected chi connectivity index (χ0v) is 29.2. The Bertz CT molecular complexity index is 1730. The minimum Gasteiger partial charge on any atom is -0.294 e. The van der Waals surface area contributed by atoms with Crippen molar-refractivity contribution in [2.45, 2.75) is 83.3 Å². The van der Waals surface area contributed by atoms with E-state index in [0.29, 0.717) is 18.4 Å². The number of Topliss-reactive ketones (excluding diaryl/α,β-unsaturated/α-hetero) is 1. The number of unbranched alkanes of at least 4 members (excludes halogenated alkanes) is 2. The number of benzene rings is 3. The molecule has 0 amide bonds. The molecule has 0 radical (unpaired) electrons. The Kier molecular flexibility index (Phi) is 12.9. The summed E-state index contributed by atoms with van der Waals surface area (Å²) >= 11 is 3.76.